The van der Waals surface area contributed by atoms with Crippen LogP contribution in [-0.4, -0.2) is 40.9 Å². The number of carboxylic acids is 1. The summed E-state index contributed by atoms with van der Waals surface area (Å²) in [6.45, 7) is -0.498. The number of hydrogen-bond acceptors (Lipinski definition) is 2. The van der Waals surface area contributed by atoms with Gasteiger partial charge in [-0.1, -0.05) is 0 Å². The first kappa shape index (κ1) is 13.9. The number of unbranched alkanes of at least 4 members (excludes halogenated alkanes) is 1. The molecule has 0 unspecified atom stereocenters. The van der Waals surface area contributed by atoms with E-state index in [0.29, 0.717) is 12.8 Å². The Morgan fingerprint density at radius 1 is 1.24 bits per heavy atom. The monoisotopic (exact) mass is 249 g/mol. The number of carbonyl (C=O) groups is 2. The van der Waals surface area contributed by atoms with Crippen molar-refractivity contribution in [2.75, 3.05) is 6.54 Å². The van der Waals surface area contributed by atoms with Crippen LogP contribution in [0.1, 0.15) is 38.5 Å². The average Bonchev–Trinajstić information content (AvgIpc) is 3.03. The van der Waals surface area contributed by atoms with Crippen LogP contribution < -0.4 is 0 Å². The zero-order valence-electron chi connectivity index (χ0n) is 9.57. The molecule has 98 valence electrons. The maximum absolute atomic E-state index is 12.3. The molecule has 0 bridgehead atoms. The molecule has 1 N–H and O–H groups in total. The molecule has 0 atom stereocenters. The Morgan fingerprint density at radius 2 is 1.82 bits per heavy atom. The smallest absolute Gasteiger partial charge is 0.303 e. The summed E-state index contributed by atoms with van der Waals surface area (Å²) in [6.07, 6.45) is 0.133. The largest absolute Gasteiger partial charge is 0.481 e. The highest BCUT2D eigenvalue weighted by atomic mass is 19.3. The van der Waals surface area contributed by atoms with Crippen molar-refractivity contribution in [3.05, 3.63) is 0 Å². The minimum Gasteiger partial charge on any atom is -0.481 e. The number of rotatable bonds is 8. The normalized spacial score (nSPS) is 15.0. The summed E-state index contributed by atoms with van der Waals surface area (Å²) in [5.41, 5.74) is 0. The summed E-state index contributed by atoms with van der Waals surface area (Å²) in [6, 6.07) is -0.0176. The van der Waals surface area contributed by atoms with Gasteiger partial charge in [0.15, 0.2) is 0 Å². The third-order valence-electron chi connectivity index (χ3n) is 2.67. The third-order valence-corrected chi connectivity index (χ3v) is 2.67. The van der Waals surface area contributed by atoms with Gasteiger partial charge in [-0.2, -0.15) is 0 Å². The number of carboxylic acid groups (broad SMARTS) is 1. The Labute approximate surface area is 98.6 Å². The Bertz CT molecular complexity index is 280. The molecule has 0 aromatic heterocycles. The fraction of sp³-hybridized carbons (Fsp3) is 0.818. The Morgan fingerprint density at radius 3 is 2.29 bits per heavy atom. The number of aliphatic carboxylic acids is 1. The van der Waals surface area contributed by atoms with Crippen LogP contribution in [0.4, 0.5) is 8.78 Å². The highest BCUT2D eigenvalue weighted by molar-refractivity contribution is 5.77. The highest BCUT2D eigenvalue weighted by Gasteiger charge is 2.33. The van der Waals surface area contributed by atoms with Gasteiger partial charge in [-0.05, 0) is 25.7 Å². The first-order valence-electron chi connectivity index (χ1n) is 5.80. The first-order valence-corrected chi connectivity index (χ1v) is 5.80. The Kier molecular flexibility index (Phi) is 5.31. The van der Waals surface area contributed by atoms with Crippen LogP contribution in [0.2, 0.25) is 0 Å². The van der Waals surface area contributed by atoms with Crippen molar-refractivity contribution in [1.29, 1.82) is 0 Å². The molecule has 0 aromatic carbocycles. The molecule has 1 fully saturated rings. The second kappa shape index (κ2) is 6.51. The molecule has 1 saturated carbocycles. The topological polar surface area (TPSA) is 57.6 Å². The standard InChI is InChI=1S/C11H17F2NO3/c12-9(13)7-14(8-5-6-8)10(15)3-1-2-4-11(16)17/h8-9H,1-7H2,(H,16,17). The molecule has 1 amide bonds. The lowest BCUT2D eigenvalue weighted by Crippen LogP contribution is -2.36. The SMILES string of the molecule is O=C(O)CCCCC(=O)N(CC(F)F)C1CC1. The molecule has 0 aromatic rings. The lowest BCUT2D eigenvalue weighted by Gasteiger charge is -2.21. The predicted octanol–water partition coefficient (Wildman–Crippen LogP) is 1.89. The summed E-state index contributed by atoms with van der Waals surface area (Å²) in [5.74, 6) is -1.18. The molecule has 1 aliphatic rings. The number of alkyl halides is 2. The van der Waals surface area contributed by atoms with Gasteiger partial charge in [0, 0.05) is 18.9 Å². The van der Waals surface area contributed by atoms with Crippen LogP contribution in [0.15, 0.2) is 0 Å². The second-order valence-corrected chi connectivity index (χ2v) is 4.27. The molecule has 0 saturated heterocycles. The van der Waals surface area contributed by atoms with Gasteiger partial charge >= 0.3 is 5.97 Å². The molecule has 1 rings (SSSR count). The minimum absolute atomic E-state index is 0.0176. The summed E-state index contributed by atoms with van der Waals surface area (Å²) in [5, 5.41) is 8.41. The average molecular weight is 249 g/mol. The summed E-state index contributed by atoms with van der Waals surface area (Å²) in [4.78, 5) is 23.1. The van der Waals surface area contributed by atoms with Crippen LogP contribution >= 0.6 is 0 Å². The first-order chi connectivity index (χ1) is 8.00. The van der Waals surface area contributed by atoms with E-state index in [1.807, 2.05) is 0 Å². The zero-order chi connectivity index (χ0) is 12.8. The predicted molar refractivity (Wildman–Crippen MR) is 56.8 cm³/mol. The van der Waals surface area contributed by atoms with Crippen molar-refractivity contribution in [1.82, 2.24) is 4.90 Å². The number of halogens is 2. The Balaban J connectivity index is 2.25. The molecular weight excluding hydrogens is 232 g/mol. The van der Waals surface area contributed by atoms with Crippen molar-refractivity contribution in [3.8, 4) is 0 Å². The van der Waals surface area contributed by atoms with Gasteiger partial charge < -0.3 is 10.0 Å². The molecule has 1 aliphatic carbocycles. The van der Waals surface area contributed by atoms with Crippen molar-refractivity contribution in [2.45, 2.75) is 51.0 Å². The van der Waals surface area contributed by atoms with Gasteiger partial charge in [0.1, 0.15) is 0 Å². The van der Waals surface area contributed by atoms with Crippen LogP contribution in [0.5, 0.6) is 0 Å². The van der Waals surface area contributed by atoms with Gasteiger partial charge in [-0.15, -0.1) is 0 Å². The van der Waals surface area contributed by atoms with Gasteiger partial charge in [-0.25, -0.2) is 8.78 Å². The number of amides is 1. The maximum atomic E-state index is 12.3. The van der Waals surface area contributed by atoms with E-state index in [1.54, 1.807) is 0 Å². The van der Waals surface area contributed by atoms with E-state index in [9.17, 15) is 18.4 Å². The number of nitrogens with zero attached hydrogens (tertiary/aromatic N) is 1. The summed E-state index contributed by atoms with van der Waals surface area (Å²) >= 11 is 0. The second-order valence-electron chi connectivity index (χ2n) is 4.27. The van der Waals surface area contributed by atoms with E-state index < -0.39 is 18.9 Å². The Hall–Kier alpha value is -1.20. The molecule has 17 heavy (non-hydrogen) atoms. The minimum atomic E-state index is -2.50. The number of hydrogen-bond donors (Lipinski definition) is 1. The van der Waals surface area contributed by atoms with E-state index in [0.717, 1.165) is 12.8 Å². The van der Waals surface area contributed by atoms with E-state index >= 15 is 0 Å². The van der Waals surface area contributed by atoms with Crippen molar-refractivity contribution in [2.24, 2.45) is 0 Å². The summed E-state index contributed by atoms with van der Waals surface area (Å²) < 4.78 is 24.5. The van der Waals surface area contributed by atoms with Crippen LogP contribution in [0.3, 0.4) is 0 Å². The molecular formula is C11H17F2NO3. The van der Waals surface area contributed by atoms with Crippen LogP contribution in [0.25, 0.3) is 0 Å². The van der Waals surface area contributed by atoms with Gasteiger partial charge in [0.05, 0.1) is 6.54 Å². The number of carbonyl (C=O) groups excluding carboxylic acids is 1. The maximum Gasteiger partial charge on any atom is 0.303 e. The summed E-state index contributed by atoms with van der Waals surface area (Å²) in [7, 11) is 0. The molecule has 0 aliphatic heterocycles. The van der Waals surface area contributed by atoms with Crippen molar-refractivity contribution in [3.63, 3.8) is 0 Å². The lowest BCUT2D eigenvalue weighted by atomic mass is 10.2. The van der Waals surface area contributed by atoms with E-state index in [1.165, 1.54) is 4.90 Å². The molecule has 0 heterocycles. The van der Waals surface area contributed by atoms with E-state index in [2.05, 4.69) is 0 Å². The van der Waals surface area contributed by atoms with Gasteiger partial charge in [-0.3, -0.25) is 9.59 Å². The fourth-order valence-corrected chi connectivity index (χ4v) is 1.69. The van der Waals surface area contributed by atoms with Crippen molar-refractivity contribution < 1.29 is 23.5 Å². The van der Waals surface area contributed by atoms with Crippen LogP contribution in [0, 0.1) is 0 Å². The third kappa shape index (κ3) is 5.60. The van der Waals surface area contributed by atoms with Crippen molar-refractivity contribution >= 4 is 11.9 Å². The zero-order valence-corrected chi connectivity index (χ0v) is 9.57. The van der Waals surface area contributed by atoms with E-state index in [-0.39, 0.29) is 24.8 Å². The van der Waals surface area contributed by atoms with Gasteiger partial charge in [0.2, 0.25) is 5.91 Å². The van der Waals surface area contributed by atoms with E-state index in [4.69, 9.17) is 5.11 Å². The lowest BCUT2D eigenvalue weighted by molar-refractivity contribution is -0.138. The fourth-order valence-electron chi connectivity index (χ4n) is 1.69. The van der Waals surface area contributed by atoms with Crippen LogP contribution in [-0.2, 0) is 9.59 Å². The highest BCUT2D eigenvalue weighted by Crippen LogP contribution is 2.28. The molecule has 0 spiro atoms. The molecule has 4 nitrogen and oxygen atoms in total. The molecule has 0 radical (unpaired) electrons. The molecule has 6 heteroatoms. The van der Waals surface area contributed by atoms with Gasteiger partial charge in [0.25, 0.3) is 6.43 Å². The quantitative estimate of drug-likeness (QED) is 0.668.